The Hall–Kier alpha value is -0.900. The predicted octanol–water partition coefficient (Wildman–Crippen LogP) is -1.39. The summed E-state index contributed by atoms with van der Waals surface area (Å²) in [5.74, 6) is -0.458. The monoisotopic (exact) mass is 116 g/mol. The molecule has 0 spiro atoms. The van der Waals surface area contributed by atoms with Crippen molar-refractivity contribution in [3.8, 4) is 0 Å². The zero-order valence-corrected chi connectivity index (χ0v) is 4.55. The predicted molar refractivity (Wildman–Crippen MR) is 27.9 cm³/mol. The van der Waals surface area contributed by atoms with E-state index < -0.39 is 11.9 Å². The minimum absolute atomic E-state index is 0.311. The maximum Gasteiger partial charge on any atom is 0.242 e. The average Bonchev–Trinajstić information content (AvgIpc) is 1.67. The molecule has 0 radical (unpaired) electrons. The molecule has 0 aromatic heterocycles. The van der Waals surface area contributed by atoms with Crippen LogP contribution in [-0.4, -0.2) is 18.4 Å². The van der Waals surface area contributed by atoms with Crippen LogP contribution >= 0.6 is 0 Å². The Balaban J connectivity index is 3.48. The Morgan fingerprint density at radius 2 is 2.38 bits per heavy atom. The summed E-state index contributed by atoms with van der Waals surface area (Å²) in [6.07, 6.45) is 0.311. The van der Waals surface area contributed by atoms with Crippen molar-refractivity contribution in [3.63, 3.8) is 0 Å². The van der Waals surface area contributed by atoms with E-state index in [1.807, 2.05) is 5.32 Å². The minimum Gasteiger partial charge on any atom is -0.320 e. The van der Waals surface area contributed by atoms with Crippen molar-refractivity contribution in [2.24, 2.45) is 5.73 Å². The van der Waals surface area contributed by atoms with Gasteiger partial charge in [0, 0.05) is 0 Å². The van der Waals surface area contributed by atoms with Gasteiger partial charge in [0.25, 0.3) is 0 Å². The maximum atomic E-state index is 10.3. The molecular weight excluding hydrogens is 108 g/mol. The normalized spacial score (nSPS) is 12.2. The summed E-state index contributed by atoms with van der Waals surface area (Å²) in [6.45, 7) is 1.50. The smallest absolute Gasteiger partial charge is 0.242 e. The number of nitrogens with one attached hydrogen (secondary N) is 1. The molecule has 0 unspecified atom stereocenters. The Morgan fingerprint density at radius 3 is 2.50 bits per heavy atom. The quantitative estimate of drug-likeness (QED) is 0.436. The van der Waals surface area contributed by atoms with Crippen LogP contribution in [0.2, 0.25) is 0 Å². The van der Waals surface area contributed by atoms with Gasteiger partial charge in [-0.2, -0.15) is 0 Å². The third kappa shape index (κ3) is 2.30. The third-order valence-electron chi connectivity index (χ3n) is 0.615. The highest BCUT2D eigenvalue weighted by molar-refractivity contribution is 5.89. The van der Waals surface area contributed by atoms with Gasteiger partial charge in [-0.15, -0.1) is 0 Å². The molecule has 8 heavy (non-hydrogen) atoms. The summed E-state index contributed by atoms with van der Waals surface area (Å²) in [6, 6.07) is -0.611. The first-order valence-electron chi connectivity index (χ1n) is 2.18. The minimum atomic E-state index is -0.611. The van der Waals surface area contributed by atoms with Gasteiger partial charge in [0.2, 0.25) is 12.3 Å². The fraction of sp³-hybridized carbons (Fsp3) is 0.500. The second-order valence-corrected chi connectivity index (χ2v) is 1.42. The highest BCUT2D eigenvalue weighted by Gasteiger charge is 2.03. The van der Waals surface area contributed by atoms with E-state index in [2.05, 4.69) is 0 Å². The molecule has 0 saturated heterocycles. The number of hydrogen-bond acceptors (Lipinski definition) is 3. The van der Waals surface area contributed by atoms with Crippen LogP contribution in [0.5, 0.6) is 0 Å². The van der Waals surface area contributed by atoms with E-state index in [4.69, 9.17) is 5.73 Å². The number of amides is 2. The number of carbonyl (C=O) groups excluding carboxylic acids is 2. The van der Waals surface area contributed by atoms with E-state index in [9.17, 15) is 9.59 Å². The number of rotatable bonds is 2. The Morgan fingerprint density at radius 1 is 1.88 bits per heavy atom. The standard InChI is InChI=1S/C4H8N2O2/c1-3(5)4(8)6-2-7/h2-3H,5H2,1H3,(H,6,7,8)/t3-/m0/s1. The SMILES string of the molecule is C[C@H](N)C(=O)NC=O. The van der Waals surface area contributed by atoms with Gasteiger partial charge in [-0.05, 0) is 6.92 Å². The lowest BCUT2D eigenvalue weighted by Gasteiger charge is -1.98. The highest BCUT2D eigenvalue weighted by atomic mass is 16.2. The fourth-order valence-corrected chi connectivity index (χ4v) is 0.190. The van der Waals surface area contributed by atoms with Crippen LogP contribution in [0.25, 0.3) is 0 Å². The summed E-state index contributed by atoms with van der Waals surface area (Å²) < 4.78 is 0. The van der Waals surface area contributed by atoms with Gasteiger partial charge in [-0.25, -0.2) is 0 Å². The number of imide groups is 1. The van der Waals surface area contributed by atoms with Crippen LogP contribution in [0.4, 0.5) is 0 Å². The van der Waals surface area contributed by atoms with Crippen molar-refractivity contribution in [1.82, 2.24) is 5.32 Å². The molecule has 0 aromatic rings. The highest BCUT2D eigenvalue weighted by Crippen LogP contribution is 1.69. The van der Waals surface area contributed by atoms with Crippen molar-refractivity contribution >= 4 is 12.3 Å². The van der Waals surface area contributed by atoms with E-state index in [1.165, 1.54) is 6.92 Å². The molecule has 0 bridgehead atoms. The lowest BCUT2D eigenvalue weighted by Crippen LogP contribution is -2.37. The first-order chi connectivity index (χ1) is 3.68. The van der Waals surface area contributed by atoms with Gasteiger partial charge in [0.1, 0.15) is 0 Å². The molecule has 4 nitrogen and oxygen atoms in total. The van der Waals surface area contributed by atoms with Gasteiger partial charge in [-0.3, -0.25) is 14.9 Å². The largest absolute Gasteiger partial charge is 0.320 e. The summed E-state index contributed by atoms with van der Waals surface area (Å²) in [5.41, 5.74) is 5.05. The summed E-state index contributed by atoms with van der Waals surface area (Å²) in [5, 5.41) is 1.90. The van der Waals surface area contributed by atoms with E-state index >= 15 is 0 Å². The molecule has 0 saturated carbocycles. The van der Waals surface area contributed by atoms with E-state index in [-0.39, 0.29) is 0 Å². The molecule has 0 aliphatic carbocycles. The lowest BCUT2D eigenvalue weighted by atomic mass is 10.3. The third-order valence-corrected chi connectivity index (χ3v) is 0.615. The van der Waals surface area contributed by atoms with Crippen LogP contribution < -0.4 is 11.1 Å². The molecule has 0 aliphatic rings. The van der Waals surface area contributed by atoms with Gasteiger partial charge in [-0.1, -0.05) is 0 Å². The topological polar surface area (TPSA) is 72.2 Å². The Kier molecular flexibility index (Phi) is 2.79. The first kappa shape index (κ1) is 7.10. The Labute approximate surface area is 47.0 Å². The number of carbonyl (C=O) groups is 2. The molecule has 0 fully saturated rings. The van der Waals surface area contributed by atoms with Crippen molar-refractivity contribution in [2.75, 3.05) is 0 Å². The van der Waals surface area contributed by atoms with Crippen LogP contribution in [0.3, 0.4) is 0 Å². The van der Waals surface area contributed by atoms with Gasteiger partial charge >= 0.3 is 0 Å². The molecule has 4 heteroatoms. The Bertz CT molecular complexity index is 100. The van der Waals surface area contributed by atoms with Gasteiger partial charge in [0.15, 0.2) is 0 Å². The van der Waals surface area contributed by atoms with E-state index in [1.54, 1.807) is 0 Å². The lowest BCUT2D eigenvalue weighted by molar-refractivity contribution is -0.125. The molecule has 0 rings (SSSR count). The molecule has 2 amide bonds. The zero-order chi connectivity index (χ0) is 6.57. The number of nitrogens with two attached hydrogens (primary N) is 1. The fourth-order valence-electron chi connectivity index (χ4n) is 0.190. The summed E-state index contributed by atoms with van der Waals surface area (Å²) >= 11 is 0. The molecule has 46 valence electrons. The zero-order valence-electron chi connectivity index (χ0n) is 4.55. The van der Waals surface area contributed by atoms with Gasteiger partial charge in [0.05, 0.1) is 6.04 Å². The van der Waals surface area contributed by atoms with E-state index in [0.717, 1.165) is 0 Å². The second kappa shape index (κ2) is 3.15. The molecule has 0 aromatic carbocycles. The van der Waals surface area contributed by atoms with Crippen molar-refractivity contribution in [1.29, 1.82) is 0 Å². The molecule has 3 N–H and O–H groups in total. The average molecular weight is 116 g/mol. The molecular formula is C4H8N2O2. The van der Waals surface area contributed by atoms with Crippen LogP contribution in [0.1, 0.15) is 6.92 Å². The van der Waals surface area contributed by atoms with Gasteiger partial charge < -0.3 is 5.73 Å². The van der Waals surface area contributed by atoms with E-state index in [0.29, 0.717) is 6.41 Å². The number of hydrogen-bond donors (Lipinski definition) is 2. The maximum absolute atomic E-state index is 10.3. The summed E-state index contributed by atoms with van der Waals surface area (Å²) in [4.78, 5) is 19.8. The van der Waals surface area contributed by atoms with Crippen LogP contribution in [0, 0.1) is 0 Å². The second-order valence-electron chi connectivity index (χ2n) is 1.42. The summed E-state index contributed by atoms with van der Waals surface area (Å²) in [7, 11) is 0. The van der Waals surface area contributed by atoms with Crippen molar-refractivity contribution in [2.45, 2.75) is 13.0 Å². The molecule has 0 heterocycles. The van der Waals surface area contributed by atoms with Crippen molar-refractivity contribution in [3.05, 3.63) is 0 Å². The first-order valence-corrected chi connectivity index (χ1v) is 2.18. The van der Waals surface area contributed by atoms with Crippen molar-refractivity contribution < 1.29 is 9.59 Å². The molecule has 1 atom stereocenters. The molecule has 0 aliphatic heterocycles. The van der Waals surface area contributed by atoms with Crippen LogP contribution in [0.15, 0.2) is 0 Å². The van der Waals surface area contributed by atoms with Crippen LogP contribution in [-0.2, 0) is 9.59 Å².